The molecule has 1 aliphatic rings. The lowest BCUT2D eigenvalue weighted by atomic mass is 9.74. The number of nitrogens with zero attached hydrogens (tertiary/aromatic N) is 2. The van der Waals surface area contributed by atoms with E-state index in [0.717, 1.165) is 31.7 Å². The Morgan fingerprint density at radius 2 is 2.04 bits per heavy atom. The summed E-state index contributed by atoms with van der Waals surface area (Å²) < 4.78 is 8.24. The molecule has 1 aromatic carbocycles. The van der Waals surface area contributed by atoms with Crippen molar-refractivity contribution in [3.8, 4) is 0 Å². The summed E-state index contributed by atoms with van der Waals surface area (Å²) in [7, 11) is 0. The lowest BCUT2D eigenvalue weighted by Crippen LogP contribution is -2.46. The molecule has 2 unspecified atom stereocenters. The Morgan fingerprint density at radius 1 is 1.21 bits per heavy atom. The highest BCUT2D eigenvalue weighted by atomic mass is 35.5. The molecule has 3 heterocycles. The summed E-state index contributed by atoms with van der Waals surface area (Å²) >= 11 is 0. The molecule has 0 saturated heterocycles. The zero-order chi connectivity index (χ0) is 18.9. The van der Waals surface area contributed by atoms with Crippen LogP contribution in [0.15, 0.2) is 55.0 Å². The fraction of sp³-hybridized carbons (Fsp3) is 0.435. The van der Waals surface area contributed by atoms with Crippen LogP contribution in [-0.2, 0) is 16.7 Å². The molecule has 0 saturated carbocycles. The molecule has 150 valence electrons. The van der Waals surface area contributed by atoms with E-state index in [1.807, 2.05) is 12.4 Å². The average Bonchev–Trinajstić information content (AvgIpc) is 3.14. The first-order chi connectivity index (χ1) is 13.1. The van der Waals surface area contributed by atoms with Crippen molar-refractivity contribution < 1.29 is 4.74 Å². The van der Waals surface area contributed by atoms with Crippen molar-refractivity contribution in [3.63, 3.8) is 0 Å². The minimum absolute atomic E-state index is 0. The van der Waals surface area contributed by atoms with Gasteiger partial charge in [0.15, 0.2) is 0 Å². The molecule has 0 bridgehead atoms. The van der Waals surface area contributed by atoms with Crippen LogP contribution in [0, 0.1) is 11.8 Å². The minimum atomic E-state index is -0.236. The van der Waals surface area contributed by atoms with Crippen LogP contribution in [0.25, 0.3) is 5.65 Å². The van der Waals surface area contributed by atoms with E-state index in [9.17, 15) is 0 Å². The van der Waals surface area contributed by atoms with Gasteiger partial charge in [0.1, 0.15) is 5.65 Å². The Labute approximate surface area is 173 Å². The van der Waals surface area contributed by atoms with Gasteiger partial charge in [0.25, 0.3) is 0 Å². The number of ether oxygens (including phenoxy) is 1. The van der Waals surface area contributed by atoms with Gasteiger partial charge in [-0.1, -0.05) is 38.1 Å². The van der Waals surface area contributed by atoms with Gasteiger partial charge in [-0.25, -0.2) is 4.98 Å². The first kappa shape index (κ1) is 20.7. The average molecular weight is 400 g/mol. The largest absolute Gasteiger partial charge is 0.381 e. The molecule has 0 fully saturated rings. The van der Waals surface area contributed by atoms with Crippen molar-refractivity contribution in [1.29, 1.82) is 0 Å². The number of imidazole rings is 1. The number of para-hydroxylation sites is 1. The molecule has 4 rings (SSSR count). The predicted octanol–water partition coefficient (Wildman–Crippen LogP) is 5.32. The van der Waals surface area contributed by atoms with Gasteiger partial charge in [-0.3, -0.25) is 0 Å². The molecule has 5 heteroatoms. The number of rotatable bonds is 6. The first-order valence-electron chi connectivity index (χ1n) is 9.94. The number of aromatic nitrogens is 2. The van der Waals surface area contributed by atoms with Crippen LogP contribution in [0.4, 0.5) is 5.69 Å². The van der Waals surface area contributed by atoms with Crippen LogP contribution in [0.2, 0.25) is 0 Å². The number of fused-ring (bicyclic) bond motifs is 2. The molecule has 0 aliphatic carbocycles. The van der Waals surface area contributed by atoms with Crippen molar-refractivity contribution in [2.75, 3.05) is 18.5 Å². The molecule has 2 aromatic heterocycles. The number of pyridine rings is 1. The van der Waals surface area contributed by atoms with Crippen LogP contribution in [0.1, 0.15) is 38.3 Å². The van der Waals surface area contributed by atoms with E-state index in [4.69, 9.17) is 4.74 Å². The van der Waals surface area contributed by atoms with Gasteiger partial charge in [0, 0.05) is 42.4 Å². The maximum atomic E-state index is 6.14. The zero-order valence-corrected chi connectivity index (χ0v) is 17.7. The lowest BCUT2D eigenvalue weighted by molar-refractivity contribution is 0.0667. The highest BCUT2D eigenvalue weighted by molar-refractivity contribution is 5.85. The zero-order valence-electron chi connectivity index (χ0n) is 16.9. The third-order valence-corrected chi connectivity index (χ3v) is 5.83. The Kier molecular flexibility index (Phi) is 6.31. The summed E-state index contributed by atoms with van der Waals surface area (Å²) in [6.07, 6.45) is 8.03. The van der Waals surface area contributed by atoms with Crippen molar-refractivity contribution in [2.45, 2.75) is 39.2 Å². The highest BCUT2D eigenvalue weighted by Gasteiger charge is 2.41. The maximum absolute atomic E-state index is 6.14. The van der Waals surface area contributed by atoms with E-state index in [0.29, 0.717) is 11.8 Å². The third-order valence-electron chi connectivity index (χ3n) is 5.83. The smallest absolute Gasteiger partial charge is 0.142 e. The molecule has 1 N–H and O–H groups in total. The Bertz CT molecular complexity index is 923. The molecule has 0 spiro atoms. The number of benzene rings is 1. The number of halogens is 1. The van der Waals surface area contributed by atoms with Crippen LogP contribution >= 0.6 is 12.4 Å². The van der Waals surface area contributed by atoms with Crippen LogP contribution in [0.3, 0.4) is 0 Å². The molecule has 3 aromatic rings. The van der Waals surface area contributed by atoms with Gasteiger partial charge < -0.3 is 14.5 Å². The fourth-order valence-electron chi connectivity index (χ4n) is 4.08. The van der Waals surface area contributed by atoms with Gasteiger partial charge in [-0.2, -0.15) is 0 Å². The lowest BCUT2D eigenvalue weighted by Gasteiger charge is -2.44. The Hall–Kier alpha value is -2.04. The maximum Gasteiger partial charge on any atom is 0.142 e. The van der Waals surface area contributed by atoms with E-state index in [2.05, 4.69) is 78.1 Å². The molecule has 0 radical (unpaired) electrons. The van der Waals surface area contributed by atoms with Gasteiger partial charge >= 0.3 is 0 Å². The molecule has 4 nitrogen and oxygen atoms in total. The fourth-order valence-corrected chi connectivity index (χ4v) is 4.08. The topological polar surface area (TPSA) is 38.6 Å². The summed E-state index contributed by atoms with van der Waals surface area (Å²) in [6.45, 7) is 8.34. The summed E-state index contributed by atoms with van der Waals surface area (Å²) in [5.74, 6) is 1.00. The van der Waals surface area contributed by atoms with Crippen LogP contribution < -0.4 is 5.32 Å². The molecular formula is C23H30ClN3O. The number of hydrogen-bond acceptors (Lipinski definition) is 3. The second-order valence-corrected chi connectivity index (χ2v) is 8.22. The monoisotopic (exact) mass is 399 g/mol. The number of hydrogen-bond donors (Lipinski definition) is 1. The van der Waals surface area contributed by atoms with Crippen molar-refractivity contribution in [3.05, 3.63) is 66.1 Å². The van der Waals surface area contributed by atoms with Gasteiger partial charge in [0.2, 0.25) is 0 Å². The van der Waals surface area contributed by atoms with Crippen molar-refractivity contribution in [1.82, 2.24) is 9.38 Å². The second kappa shape index (κ2) is 8.54. The molecular weight excluding hydrogens is 370 g/mol. The quantitative estimate of drug-likeness (QED) is 0.570. The minimum Gasteiger partial charge on any atom is -0.381 e. The SMILES string of the molecule is CC(C)CCOCC1Cc2ccccc2NC1(C)c1cccn2ccnc12.Cl. The molecule has 28 heavy (non-hydrogen) atoms. The van der Waals surface area contributed by atoms with E-state index < -0.39 is 0 Å². The number of nitrogens with one attached hydrogen (secondary N) is 1. The standard InChI is InChI=1S/C23H29N3O.ClH/c1-17(2)10-14-27-16-19-15-18-7-4-5-9-21(18)25-23(19,3)20-8-6-12-26-13-11-24-22(20)26;/h4-9,11-13,17,19,25H,10,14-16H2,1-3H3;1H. The first-order valence-corrected chi connectivity index (χ1v) is 9.94. The third kappa shape index (κ3) is 3.89. The number of anilines is 1. The van der Waals surface area contributed by atoms with Gasteiger partial charge in [-0.05, 0) is 43.4 Å². The van der Waals surface area contributed by atoms with Gasteiger partial charge in [0.05, 0.1) is 12.1 Å². The summed E-state index contributed by atoms with van der Waals surface area (Å²) in [6, 6.07) is 12.9. The molecule has 1 aliphatic heterocycles. The summed E-state index contributed by atoms with van der Waals surface area (Å²) in [5.41, 5.74) is 4.58. The van der Waals surface area contributed by atoms with E-state index in [-0.39, 0.29) is 17.9 Å². The summed E-state index contributed by atoms with van der Waals surface area (Å²) in [4.78, 5) is 4.63. The van der Waals surface area contributed by atoms with E-state index in [1.54, 1.807) is 0 Å². The highest BCUT2D eigenvalue weighted by Crippen LogP contribution is 2.42. The summed E-state index contributed by atoms with van der Waals surface area (Å²) in [5, 5.41) is 3.84. The van der Waals surface area contributed by atoms with Gasteiger partial charge in [-0.15, -0.1) is 12.4 Å². The Morgan fingerprint density at radius 3 is 2.86 bits per heavy atom. The van der Waals surface area contributed by atoms with E-state index in [1.165, 1.54) is 16.8 Å². The van der Waals surface area contributed by atoms with Crippen LogP contribution in [0.5, 0.6) is 0 Å². The van der Waals surface area contributed by atoms with E-state index >= 15 is 0 Å². The van der Waals surface area contributed by atoms with Crippen LogP contribution in [-0.4, -0.2) is 22.6 Å². The molecule has 0 amide bonds. The normalized spacial score (nSPS) is 21.2. The predicted molar refractivity (Wildman–Crippen MR) is 117 cm³/mol. The van der Waals surface area contributed by atoms with Crippen molar-refractivity contribution >= 4 is 23.7 Å². The molecule has 2 atom stereocenters. The second-order valence-electron chi connectivity index (χ2n) is 8.22. The van der Waals surface area contributed by atoms with Crippen molar-refractivity contribution in [2.24, 2.45) is 11.8 Å². The Balaban J connectivity index is 0.00000225.